The summed E-state index contributed by atoms with van der Waals surface area (Å²) < 4.78 is 2.05. The fourth-order valence-electron chi connectivity index (χ4n) is 3.94. The number of hydrogen-bond donors (Lipinski definition) is 1. The van der Waals surface area contributed by atoms with Crippen molar-refractivity contribution in [1.29, 1.82) is 5.26 Å². The molecule has 2 heterocycles. The van der Waals surface area contributed by atoms with E-state index in [0.717, 1.165) is 11.3 Å². The molecule has 0 aromatic carbocycles. The molecular weight excluding hydrogens is 356 g/mol. The van der Waals surface area contributed by atoms with E-state index in [2.05, 4.69) is 26.9 Å². The van der Waals surface area contributed by atoms with Gasteiger partial charge in [0.2, 0.25) is 5.91 Å². The lowest BCUT2D eigenvalue weighted by molar-refractivity contribution is -0.117. The van der Waals surface area contributed by atoms with E-state index in [1.54, 1.807) is 11.3 Å². The third-order valence-electron chi connectivity index (χ3n) is 5.68. The Hall–Kier alpha value is -2.10. The lowest BCUT2D eigenvalue weighted by Crippen LogP contribution is -2.39. The average Bonchev–Trinajstić information content (AvgIpc) is 3.25. The van der Waals surface area contributed by atoms with Crippen LogP contribution in [0, 0.1) is 25.2 Å². The van der Waals surface area contributed by atoms with E-state index < -0.39 is 0 Å². The topological polar surface area (TPSA) is 61.1 Å². The molecule has 1 aliphatic carbocycles. The number of aromatic nitrogens is 1. The van der Waals surface area contributed by atoms with Crippen molar-refractivity contribution in [3.8, 4) is 6.07 Å². The van der Waals surface area contributed by atoms with Crippen molar-refractivity contribution >= 4 is 23.1 Å². The number of anilines is 1. The van der Waals surface area contributed by atoms with Crippen LogP contribution in [0.3, 0.4) is 0 Å². The number of nitriles is 1. The molecule has 3 rings (SSSR count). The van der Waals surface area contributed by atoms with Crippen molar-refractivity contribution in [3.05, 3.63) is 39.2 Å². The Bertz CT molecular complexity index is 825. The molecule has 2 aromatic rings. The summed E-state index contributed by atoms with van der Waals surface area (Å²) in [7, 11) is 2.03. The van der Waals surface area contributed by atoms with E-state index in [1.807, 2.05) is 32.3 Å². The largest absolute Gasteiger partial charge is 0.325 e. The van der Waals surface area contributed by atoms with Gasteiger partial charge < -0.3 is 9.88 Å². The molecule has 144 valence electrons. The van der Waals surface area contributed by atoms with Gasteiger partial charge in [0.05, 0.1) is 18.7 Å². The molecule has 1 saturated carbocycles. The molecule has 27 heavy (non-hydrogen) atoms. The lowest BCUT2D eigenvalue weighted by Gasteiger charge is -2.30. The number of nitrogens with one attached hydrogen (secondary N) is 1. The number of amides is 1. The van der Waals surface area contributed by atoms with Gasteiger partial charge in [0, 0.05) is 16.6 Å². The molecule has 0 radical (unpaired) electrons. The number of hydrogen-bond acceptors (Lipinski definition) is 4. The van der Waals surface area contributed by atoms with Gasteiger partial charge in [-0.25, -0.2) is 0 Å². The second-order valence-electron chi connectivity index (χ2n) is 7.47. The summed E-state index contributed by atoms with van der Waals surface area (Å²) in [5.74, 6) is 0.576. The van der Waals surface area contributed by atoms with Crippen LogP contribution in [0.5, 0.6) is 0 Å². The van der Waals surface area contributed by atoms with Gasteiger partial charge in [-0.2, -0.15) is 5.26 Å². The van der Waals surface area contributed by atoms with Crippen LogP contribution in [0.25, 0.3) is 0 Å². The van der Waals surface area contributed by atoms with E-state index in [-0.39, 0.29) is 5.91 Å². The first-order valence-electron chi connectivity index (χ1n) is 9.63. The molecule has 1 N–H and O–H groups in total. The van der Waals surface area contributed by atoms with E-state index in [1.165, 1.54) is 37.0 Å². The third-order valence-corrected chi connectivity index (χ3v) is 6.55. The number of likely N-dealkylation sites (N-methyl/N-ethyl adjacent to an activating group) is 1. The summed E-state index contributed by atoms with van der Waals surface area (Å²) in [6.07, 6.45) is 6.13. The number of carbonyl (C=O) groups is 1. The van der Waals surface area contributed by atoms with Crippen molar-refractivity contribution in [2.45, 2.75) is 58.5 Å². The van der Waals surface area contributed by atoms with Crippen molar-refractivity contribution < 1.29 is 4.79 Å². The van der Waals surface area contributed by atoms with Crippen LogP contribution in [0.2, 0.25) is 0 Å². The van der Waals surface area contributed by atoms with Crippen LogP contribution in [0.1, 0.15) is 53.8 Å². The van der Waals surface area contributed by atoms with Gasteiger partial charge in [0.15, 0.2) is 0 Å². The van der Waals surface area contributed by atoms with E-state index in [9.17, 15) is 10.1 Å². The van der Waals surface area contributed by atoms with Crippen molar-refractivity contribution in [2.75, 3.05) is 18.9 Å². The summed E-state index contributed by atoms with van der Waals surface area (Å²) in [6, 6.07) is 6.87. The molecule has 0 saturated heterocycles. The fourth-order valence-corrected chi connectivity index (χ4v) is 4.63. The summed E-state index contributed by atoms with van der Waals surface area (Å²) in [5.41, 5.74) is 2.53. The van der Waals surface area contributed by atoms with E-state index in [4.69, 9.17) is 0 Å². The fraction of sp³-hybridized carbons (Fsp3) is 0.524. The van der Waals surface area contributed by atoms with Crippen LogP contribution in [0.4, 0.5) is 5.82 Å². The van der Waals surface area contributed by atoms with Crippen molar-refractivity contribution in [1.82, 2.24) is 9.47 Å². The highest BCUT2D eigenvalue weighted by Crippen LogP contribution is 2.28. The zero-order valence-corrected chi connectivity index (χ0v) is 17.2. The number of nitrogens with zero attached hydrogens (tertiary/aromatic N) is 3. The predicted octanol–water partition coefficient (Wildman–Crippen LogP) is 4.29. The van der Waals surface area contributed by atoms with Gasteiger partial charge in [0.25, 0.3) is 0 Å². The third kappa shape index (κ3) is 4.42. The summed E-state index contributed by atoms with van der Waals surface area (Å²) >= 11 is 1.68. The Balaban J connectivity index is 1.77. The minimum Gasteiger partial charge on any atom is -0.325 e. The maximum Gasteiger partial charge on any atom is 0.239 e. The summed E-state index contributed by atoms with van der Waals surface area (Å²) in [4.78, 5) is 16.1. The van der Waals surface area contributed by atoms with Gasteiger partial charge in [-0.3, -0.25) is 9.69 Å². The quantitative estimate of drug-likeness (QED) is 0.808. The molecule has 2 aromatic heterocycles. The van der Waals surface area contributed by atoms with Gasteiger partial charge >= 0.3 is 0 Å². The van der Waals surface area contributed by atoms with E-state index in [0.29, 0.717) is 30.5 Å². The molecule has 0 bridgehead atoms. The molecule has 1 fully saturated rings. The second-order valence-corrected chi connectivity index (χ2v) is 8.50. The van der Waals surface area contributed by atoms with Crippen LogP contribution >= 0.6 is 11.3 Å². The summed E-state index contributed by atoms with van der Waals surface area (Å²) in [6.45, 7) is 4.98. The van der Waals surface area contributed by atoms with Crippen molar-refractivity contribution in [2.24, 2.45) is 0 Å². The Morgan fingerprint density at radius 3 is 2.74 bits per heavy atom. The Morgan fingerprint density at radius 1 is 1.37 bits per heavy atom. The van der Waals surface area contributed by atoms with Gasteiger partial charge in [-0.1, -0.05) is 25.3 Å². The molecule has 0 spiro atoms. The van der Waals surface area contributed by atoms with Gasteiger partial charge in [-0.05, 0) is 50.7 Å². The predicted molar refractivity (Wildman–Crippen MR) is 110 cm³/mol. The molecular formula is C21H28N4OS. The van der Waals surface area contributed by atoms with Crippen LogP contribution in [-0.4, -0.2) is 35.0 Å². The highest BCUT2D eigenvalue weighted by molar-refractivity contribution is 7.09. The highest BCUT2D eigenvalue weighted by atomic mass is 32.1. The number of carbonyl (C=O) groups excluding carboxylic acids is 1. The lowest BCUT2D eigenvalue weighted by atomic mass is 9.94. The molecule has 5 nitrogen and oxygen atoms in total. The first-order chi connectivity index (χ1) is 13.0. The zero-order valence-electron chi connectivity index (χ0n) is 16.4. The van der Waals surface area contributed by atoms with E-state index >= 15 is 0 Å². The van der Waals surface area contributed by atoms with Crippen LogP contribution in [-0.2, 0) is 11.3 Å². The SMILES string of the molecule is Cc1c(C#N)c(NC(=O)CN(C)C2CCCCC2)n(Cc2cccs2)c1C. The molecule has 0 atom stereocenters. The van der Waals surface area contributed by atoms with Crippen LogP contribution < -0.4 is 5.32 Å². The zero-order chi connectivity index (χ0) is 19.4. The first kappa shape index (κ1) is 19.7. The molecule has 1 aliphatic rings. The smallest absolute Gasteiger partial charge is 0.239 e. The first-order valence-corrected chi connectivity index (χ1v) is 10.5. The van der Waals surface area contributed by atoms with Gasteiger partial charge in [0.1, 0.15) is 11.9 Å². The normalized spacial score (nSPS) is 15.1. The minimum atomic E-state index is -0.0514. The maximum absolute atomic E-state index is 12.7. The number of thiophene rings is 1. The molecule has 1 amide bonds. The minimum absolute atomic E-state index is 0.0514. The number of rotatable bonds is 6. The second kappa shape index (κ2) is 8.73. The molecule has 0 unspecified atom stereocenters. The highest BCUT2D eigenvalue weighted by Gasteiger charge is 2.23. The average molecular weight is 385 g/mol. The Morgan fingerprint density at radius 2 is 2.11 bits per heavy atom. The summed E-state index contributed by atoms with van der Waals surface area (Å²) in [5, 5.41) is 14.7. The van der Waals surface area contributed by atoms with Gasteiger partial charge in [-0.15, -0.1) is 11.3 Å². The Labute approximate surface area is 165 Å². The maximum atomic E-state index is 12.7. The molecule has 0 aliphatic heterocycles. The van der Waals surface area contributed by atoms with Crippen molar-refractivity contribution in [3.63, 3.8) is 0 Å². The molecule has 6 heteroatoms. The standard InChI is InChI=1S/C21H28N4OS/c1-15-16(2)25(13-18-10-7-11-27-18)21(19(15)12-22)23-20(26)14-24(3)17-8-5-4-6-9-17/h7,10-11,17H,4-6,8-9,13-14H2,1-3H3,(H,23,26). The monoisotopic (exact) mass is 384 g/mol. The van der Waals surface area contributed by atoms with Crippen LogP contribution in [0.15, 0.2) is 17.5 Å². The Kier molecular flexibility index (Phi) is 6.35.